The summed E-state index contributed by atoms with van der Waals surface area (Å²) < 4.78 is 0. The number of rotatable bonds is 4. The van der Waals surface area contributed by atoms with Crippen molar-refractivity contribution in [2.45, 2.75) is 20.8 Å². The Balaban J connectivity index is 2.96. The summed E-state index contributed by atoms with van der Waals surface area (Å²) in [5, 5.41) is 0. The number of nitrogens with zero attached hydrogens (tertiary/aromatic N) is 2. The van der Waals surface area contributed by atoms with Crippen LogP contribution in [0, 0.1) is 6.92 Å². The van der Waals surface area contributed by atoms with Gasteiger partial charge in [0.1, 0.15) is 5.82 Å². The van der Waals surface area contributed by atoms with Crippen LogP contribution < -0.4 is 10.6 Å². The topological polar surface area (TPSA) is 42.2 Å². The zero-order chi connectivity index (χ0) is 11.4. The van der Waals surface area contributed by atoms with Crippen LogP contribution in [0.15, 0.2) is 24.4 Å². The van der Waals surface area contributed by atoms with Crippen LogP contribution in [0.3, 0.4) is 0 Å². The normalized spacial score (nSPS) is 10.1. The smallest absolute Gasteiger partial charge is 0.131 e. The highest BCUT2D eigenvalue weighted by Gasteiger charge is 2.08. The van der Waals surface area contributed by atoms with Crippen molar-refractivity contribution < 1.29 is 0 Å². The maximum Gasteiger partial charge on any atom is 0.131 e. The summed E-state index contributed by atoms with van der Waals surface area (Å²) >= 11 is 0. The van der Waals surface area contributed by atoms with Crippen LogP contribution in [0.25, 0.3) is 0 Å². The molecule has 0 saturated carbocycles. The van der Waals surface area contributed by atoms with Gasteiger partial charge in [-0.3, -0.25) is 0 Å². The summed E-state index contributed by atoms with van der Waals surface area (Å²) in [5.74, 6) is 0.995. The summed E-state index contributed by atoms with van der Waals surface area (Å²) in [4.78, 5) is 6.55. The molecule has 0 aromatic carbocycles. The highest BCUT2D eigenvalue weighted by Crippen LogP contribution is 2.19. The van der Waals surface area contributed by atoms with Crippen LogP contribution in [0.4, 0.5) is 11.5 Å². The third kappa shape index (κ3) is 2.98. The molecule has 1 heterocycles. The number of anilines is 2. The average molecular weight is 205 g/mol. The maximum atomic E-state index is 5.67. The van der Waals surface area contributed by atoms with Gasteiger partial charge in [-0.25, -0.2) is 4.98 Å². The Labute approximate surface area is 91.6 Å². The molecule has 0 aliphatic carbocycles. The van der Waals surface area contributed by atoms with E-state index in [0.717, 1.165) is 30.0 Å². The average Bonchev–Trinajstić information content (AvgIpc) is 2.14. The zero-order valence-electron chi connectivity index (χ0n) is 9.75. The minimum Gasteiger partial charge on any atom is -0.397 e. The Morgan fingerprint density at radius 3 is 2.73 bits per heavy atom. The summed E-state index contributed by atoms with van der Waals surface area (Å²) in [7, 11) is 0. The molecule has 3 heteroatoms. The minimum absolute atomic E-state index is 0.711. The molecule has 0 aliphatic rings. The molecule has 0 atom stereocenters. The highest BCUT2D eigenvalue weighted by atomic mass is 15.2. The van der Waals surface area contributed by atoms with Crippen LogP contribution in [0.5, 0.6) is 0 Å². The molecule has 15 heavy (non-hydrogen) atoms. The second kappa shape index (κ2) is 4.82. The first-order valence-electron chi connectivity index (χ1n) is 5.16. The summed E-state index contributed by atoms with van der Waals surface area (Å²) in [6, 6.07) is 1.95. The van der Waals surface area contributed by atoms with Gasteiger partial charge in [0.15, 0.2) is 0 Å². The van der Waals surface area contributed by atoms with E-state index in [1.54, 1.807) is 6.20 Å². The molecule has 82 valence electrons. The molecule has 3 nitrogen and oxygen atoms in total. The van der Waals surface area contributed by atoms with E-state index in [1.807, 2.05) is 19.9 Å². The van der Waals surface area contributed by atoms with Crippen LogP contribution in [0.2, 0.25) is 0 Å². The number of nitrogen functional groups attached to an aromatic ring is 1. The Morgan fingerprint density at radius 2 is 2.27 bits per heavy atom. The first kappa shape index (κ1) is 11.6. The zero-order valence-corrected chi connectivity index (χ0v) is 9.75. The molecular formula is C12H19N3. The Kier molecular flexibility index (Phi) is 3.72. The molecule has 0 fully saturated rings. The van der Waals surface area contributed by atoms with Crippen molar-refractivity contribution in [3.05, 3.63) is 30.0 Å². The van der Waals surface area contributed by atoms with Crippen molar-refractivity contribution in [2.24, 2.45) is 0 Å². The Hall–Kier alpha value is -1.51. The molecule has 0 unspecified atom stereocenters. The lowest BCUT2D eigenvalue weighted by Crippen LogP contribution is -2.26. The van der Waals surface area contributed by atoms with E-state index in [-0.39, 0.29) is 0 Å². The number of aryl methyl sites for hydroxylation is 1. The van der Waals surface area contributed by atoms with E-state index in [1.165, 1.54) is 0 Å². The highest BCUT2D eigenvalue weighted by molar-refractivity contribution is 5.53. The third-order valence-electron chi connectivity index (χ3n) is 2.21. The molecule has 0 bridgehead atoms. The van der Waals surface area contributed by atoms with Gasteiger partial charge in [-0.05, 0) is 32.4 Å². The molecule has 2 N–H and O–H groups in total. The maximum absolute atomic E-state index is 5.67. The molecule has 0 radical (unpaired) electrons. The van der Waals surface area contributed by atoms with Gasteiger partial charge in [0.25, 0.3) is 0 Å². The predicted octanol–water partition coefficient (Wildman–Crippen LogP) is 2.37. The monoisotopic (exact) mass is 205 g/mol. The lowest BCUT2D eigenvalue weighted by Gasteiger charge is -2.23. The van der Waals surface area contributed by atoms with Crippen LogP contribution in [-0.4, -0.2) is 18.1 Å². The van der Waals surface area contributed by atoms with Crippen molar-refractivity contribution >= 4 is 11.5 Å². The van der Waals surface area contributed by atoms with E-state index in [4.69, 9.17) is 5.73 Å². The number of hydrogen-bond donors (Lipinski definition) is 1. The largest absolute Gasteiger partial charge is 0.397 e. The van der Waals surface area contributed by atoms with Gasteiger partial charge in [0.05, 0.1) is 11.9 Å². The van der Waals surface area contributed by atoms with E-state index in [0.29, 0.717) is 5.69 Å². The third-order valence-corrected chi connectivity index (χ3v) is 2.21. The van der Waals surface area contributed by atoms with Gasteiger partial charge < -0.3 is 10.6 Å². The summed E-state index contributed by atoms with van der Waals surface area (Å²) in [5.41, 5.74) is 8.63. The lowest BCUT2D eigenvalue weighted by atomic mass is 10.2. The van der Waals surface area contributed by atoms with Gasteiger partial charge >= 0.3 is 0 Å². The fourth-order valence-electron chi connectivity index (χ4n) is 1.58. The predicted molar refractivity (Wildman–Crippen MR) is 66.1 cm³/mol. The quantitative estimate of drug-likeness (QED) is 0.767. The molecule has 0 spiro atoms. The fourth-order valence-corrected chi connectivity index (χ4v) is 1.58. The minimum atomic E-state index is 0.711. The van der Waals surface area contributed by atoms with Crippen molar-refractivity contribution in [1.82, 2.24) is 4.98 Å². The van der Waals surface area contributed by atoms with Crippen molar-refractivity contribution in [1.29, 1.82) is 0 Å². The number of nitrogens with two attached hydrogens (primary N) is 1. The second-order valence-electron chi connectivity index (χ2n) is 3.88. The molecule has 1 aromatic rings. The van der Waals surface area contributed by atoms with Gasteiger partial charge in [0.2, 0.25) is 0 Å². The van der Waals surface area contributed by atoms with E-state index in [9.17, 15) is 0 Å². The van der Waals surface area contributed by atoms with Crippen LogP contribution >= 0.6 is 0 Å². The van der Waals surface area contributed by atoms with E-state index in [2.05, 4.69) is 23.4 Å². The van der Waals surface area contributed by atoms with Crippen molar-refractivity contribution in [3.63, 3.8) is 0 Å². The van der Waals surface area contributed by atoms with Crippen LogP contribution in [0.1, 0.15) is 19.4 Å². The first-order chi connectivity index (χ1) is 7.04. The van der Waals surface area contributed by atoms with Crippen molar-refractivity contribution in [3.8, 4) is 0 Å². The second-order valence-corrected chi connectivity index (χ2v) is 3.88. The van der Waals surface area contributed by atoms with Gasteiger partial charge in [-0.15, -0.1) is 0 Å². The molecular weight excluding hydrogens is 186 g/mol. The number of likely N-dealkylation sites (N-methyl/N-ethyl adjacent to an activating group) is 1. The summed E-state index contributed by atoms with van der Waals surface area (Å²) in [6.07, 6.45) is 1.70. The molecule has 0 saturated heterocycles. The lowest BCUT2D eigenvalue weighted by molar-refractivity contribution is 0.854. The van der Waals surface area contributed by atoms with Gasteiger partial charge in [0, 0.05) is 13.1 Å². The fraction of sp³-hybridized carbons (Fsp3) is 0.417. The van der Waals surface area contributed by atoms with Gasteiger partial charge in [-0.2, -0.15) is 0 Å². The molecule has 1 rings (SSSR count). The van der Waals surface area contributed by atoms with E-state index >= 15 is 0 Å². The molecule has 0 amide bonds. The van der Waals surface area contributed by atoms with Crippen LogP contribution in [-0.2, 0) is 0 Å². The van der Waals surface area contributed by atoms with Crippen molar-refractivity contribution in [2.75, 3.05) is 23.7 Å². The number of pyridine rings is 1. The number of hydrogen-bond acceptors (Lipinski definition) is 3. The van der Waals surface area contributed by atoms with E-state index < -0.39 is 0 Å². The first-order valence-corrected chi connectivity index (χ1v) is 5.16. The number of aromatic nitrogens is 1. The summed E-state index contributed by atoms with van der Waals surface area (Å²) in [6.45, 7) is 11.8. The SMILES string of the molecule is C=C(C)CN(CC)c1ncc(N)cc1C. The van der Waals surface area contributed by atoms with Gasteiger partial charge in [-0.1, -0.05) is 12.2 Å². The molecule has 0 aliphatic heterocycles. The standard InChI is InChI=1S/C12H19N3/c1-5-15(8-9(2)3)12-10(4)6-11(13)7-14-12/h6-7H,2,5,8,13H2,1,3-4H3. The Morgan fingerprint density at radius 1 is 1.60 bits per heavy atom. The molecule has 1 aromatic heterocycles. The Bertz CT molecular complexity index is 358.